The quantitative estimate of drug-likeness (QED) is 0.448. The van der Waals surface area contributed by atoms with Crippen LogP contribution in [-0.4, -0.2) is 35.6 Å². The van der Waals surface area contributed by atoms with Crippen LogP contribution in [0.5, 0.6) is 0 Å². The normalized spacial score (nSPS) is 10.5. The van der Waals surface area contributed by atoms with E-state index >= 15 is 0 Å². The highest BCUT2D eigenvalue weighted by atomic mass is 16.4. The standard InChI is InChI=1S/C12H23NO2/c1-3-5-6-7-8-10-13(4-2)11-9-12(14)15/h3H,1,4-11H2,2H3,(H,14,15). The summed E-state index contributed by atoms with van der Waals surface area (Å²) in [7, 11) is 0. The summed E-state index contributed by atoms with van der Waals surface area (Å²) in [5.74, 6) is -0.708. The molecule has 0 unspecified atom stereocenters. The molecule has 0 aromatic rings. The molecule has 0 aliphatic rings. The van der Waals surface area contributed by atoms with Crippen LogP contribution in [0, 0.1) is 0 Å². The van der Waals surface area contributed by atoms with Gasteiger partial charge in [0, 0.05) is 6.54 Å². The smallest absolute Gasteiger partial charge is 0.304 e. The zero-order valence-electron chi connectivity index (χ0n) is 9.74. The predicted octanol–water partition coefficient (Wildman–Crippen LogP) is 2.53. The summed E-state index contributed by atoms with van der Waals surface area (Å²) >= 11 is 0. The van der Waals surface area contributed by atoms with Gasteiger partial charge in [0.15, 0.2) is 0 Å². The van der Waals surface area contributed by atoms with E-state index in [2.05, 4.69) is 18.4 Å². The van der Waals surface area contributed by atoms with Gasteiger partial charge in [-0.1, -0.05) is 19.4 Å². The second kappa shape index (κ2) is 9.71. The summed E-state index contributed by atoms with van der Waals surface area (Å²) in [4.78, 5) is 12.6. The second-order valence-corrected chi connectivity index (χ2v) is 3.72. The molecule has 1 N–H and O–H groups in total. The zero-order chi connectivity index (χ0) is 11.5. The lowest BCUT2D eigenvalue weighted by atomic mass is 10.2. The van der Waals surface area contributed by atoms with Crippen molar-refractivity contribution < 1.29 is 9.90 Å². The Morgan fingerprint density at radius 2 is 2.07 bits per heavy atom. The molecule has 0 rings (SSSR count). The second-order valence-electron chi connectivity index (χ2n) is 3.72. The lowest BCUT2D eigenvalue weighted by Gasteiger charge is -2.18. The summed E-state index contributed by atoms with van der Waals surface area (Å²) in [6, 6.07) is 0. The average molecular weight is 213 g/mol. The van der Waals surface area contributed by atoms with E-state index in [0.717, 1.165) is 25.9 Å². The van der Waals surface area contributed by atoms with E-state index in [1.165, 1.54) is 12.8 Å². The van der Waals surface area contributed by atoms with Gasteiger partial charge in [-0.05, 0) is 32.4 Å². The molecular weight excluding hydrogens is 190 g/mol. The zero-order valence-corrected chi connectivity index (χ0v) is 9.74. The van der Waals surface area contributed by atoms with Gasteiger partial charge in [-0.2, -0.15) is 0 Å². The summed E-state index contributed by atoms with van der Waals surface area (Å²) in [5.41, 5.74) is 0. The number of nitrogens with zero attached hydrogens (tertiary/aromatic N) is 1. The Hall–Kier alpha value is -0.830. The average Bonchev–Trinajstić information content (AvgIpc) is 2.22. The summed E-state index contributed by atoms with van der Waals surface area (Å²) in [6.07, 6.45) is 6.83. The van der Waals surface area contributed by atoms with Crippen molar-refractivity contribution in [3.8, 4) is 0 Å². The molecule has 0 aromatic carbocycles. The van der Waals surface area contributed by atoms with Crippen LogP contribution in [0.4, 0.5) is 0 Å². The Labute approximate surface area is 92.8 Å². The van der Waals surface area contributed by atoms with E-state index in [9.17, 15) is 4.79 Å². The van der Waals surface area contributed by atoms with Gasteiger partial charge in [0.2, 0.25) is 0 Å². The number of carbonyl (C=O) groups is 1. The van der Waals surface area contributed by atoms with Crippen molar-refractivity contribution in [2.75, 3.05) is 19.6 Å². The first-order valence-electron chi connectivity index (χ1n) is 5.75. The van der Waals surface area contributed by atoms with Crippen molar-refractivity contribution in [3.63, 3.8) is 0 Å². The first-order valence-corrected chi connectivity index (χ1v) is 5.75. The fourth-order valence-electron chi connectivity index (χ4n) is 1.48. The van der Waals surface area contributed by atoms with Crippen LogP contribution >= 0.6 is 0 Å². The fraction of sp³-hybridized carbons (Fsp3) is 0.750. The van der Waals surface area contributed by atoms with Gasteiger partial charge in [-0.15, -0.1) is 6.58 Å². The molecule has 0 aliphatic heterocycles. The largest absolute Gasteiger partial charge is 0.481 e. The third kappa shape index (κ3) is 9.47. The number of hydrogen-bond donors (Lipinski definition) is 1. The predicted molar refractivity (Wildman–Crippen MR) is 63.0 cm³/mol. The molecule has 0 spiro atoms. The minimum atomic E-state index is -0.708. The highest BCUT2D eigenvalue weighted by molar-refractivity contribution is 5.66. The number of allylic oxidation sites excluding steroid dienone is 1. The maximum Gasteiger partial charge on any atom is 0.304 e. The molecule has 0 radical (unpaired) electrons. The van der Waals surface area contributed by atoms with Gasteiger partial charge in [0.05, 0.1) is 6.42 Å². The molecule has 0 amide bonds. The van der Waals surface area contributed by atoms with E-state index in [0.29, 0.717) is 6.54 Å². The van der Waals surface area contributed by atoms with Gasteiger partial charge in [0.25, 0.3) is 0 Å². The Morgan fingerprint density at radius 3 is 2.60 bits per heavy atom. The number of carboxylic acid groups (broad SMARTS) is 1. The van der Waals surface area contributed by atoms with Crippen molar-refractivity contribution >= 4 is 5.97 Å². The van der Waals surface area contributed by atoms with Crippen molar-refractivity contribution in [2.24, 2.45) is 0 Å². The van der Waals surface area contributed by atoms with Crippen molar-refractivity contribution in [2.45, 2.75) is 39.0 Å². The van der Waals surface area contributed by atoms with E-state index in [4.69, 9.17) is 5.11 Å². The topological polar surface area (TPSA) is 40.5 Å². The molecule has 0 saturated carbocycles. The Kier molecular flexibility index (Phi) is 9.18. The molecule has 0 atom stereocenters. The van der Waals surface area contributed by atoms with Crippen molar-refractivity contribution in [1.29, 1.82) is 0 Å². The van der Waals surface area contributed by atoms with E-state index < -0.39 is 5.97 Å². The lowest BCUT2D eigenvalue weighted by molar-refractivity contribution is -0.137. The van der Waals surface area contributed by atoms with Crippen LogP contribution < -0.4 is 0 Å². The van der Waals surface area contributed by atoms with Crippen LogP contribution in [-0.2, 0) is 4.79 Å². The van der Waals surface area contributed by atoms with E-state index in [-0.39, 0.29) is 6.42 Å². The minimum Gasteiger partial charge on any atom is -0.481 e. The molecule has 0 heterocycles. The maximum absolute atomic E-state index is 10.4. The number of hydrogen-bond acceptors (Lipinski definition) is 2. The number of carboxylic acids is 1. The Balaban J connectivity index is 3.43. The fourth-order valence-corrected chi connectivity index (χ4v) is 1.48. The van der Waals surface area contributed by atoms with Gasteiger partial charge in [-0.3, -0.25) is 4.79 Å². The highest BCUT2D eigenvalue weighted by Crippen LogP contribution is 2.02. The van der Waals surface area contributed by atoms with Crippen molar-refractivity contribution in [1.82, 2.24) is 4.90 Å². The molecule has 15 heavy (non-hydrogen) atoms. The molecular formula is C12H23NO2. The summed E-state index contributed by atoms with van der Waals surface area (Å²) < 4.78 is 0. The van der Waals surface area contributed by atoms with Gasteiger partial charge in [-0.25, -0.2) is 0 Å². The highest BCUT2D eigenvalue weighted by Gasteiger charge is 2.04. The van der Waals surface area contributed by atoms with Crippen LogP contribution in [0.25, 0.3) is 0 Å². The van der Waals surface area contributed by atoms with Gasteiger partial charge >= 0.3 is 5.97 Å². The molecule has 0 bridgehead atoms. The first-order chi connectivity index (χ1) is 7.20. The molecule has 3 heteroatoms. The molecule has 0 fully saturated rings. The Morgan fingerprint density at radius 1 is 1.33 bits per heavy atom. The van der Waals surface area contributed by atoms with Crippen LogP contribution in [0.15, 0.2) is 12.7 Å². The minimum absolute atomic E-state index is 0.250. The first kappa shape index (κ1) is 14.2. The van der Waals surface area contributed by atoms with Gasteiger partial charge in [0.1, 0.15) is 0 Å². The molecule has 0 aromatic heterocycles. The molecule has 0 aliphatic carbocycles. The van der Waals surface area contributed by atoms with E-state index in [1.807, 2.05) is 6.08 Å². The third-order valence-corrected chi connectivity index (χ3v) is 2.47. The monoisotopic (exact) mass is 213 g/mol. The molecule has 0 saturated heterocycles. The molecule has 3 nitrogen and oxygen atoms in total. The summed E-state index contributed by atoms with van der Waals surface area (Å²) in [5, 5.41) is 8.56. The maximum atomic E-state index is 10.4. The lowest BCUT2D eigenvalue weighted by Crippen LogP contribution is -2.27. The van der Waals surface area contributed by atoms with Gasteiger partial charge < -0.3 is 10.0 Å². The van der Waals surface area contributed by atoms with Crippen LogP contribution in [0.3, 0.4) is 0 Å². The SMILES string of the molecule is C=CCCCCCN(CC)CCC(=O)O. The third-order valence-electron chi connectivity index (χ3n) is 2.47. The van der Waals surface area contributed by atoms with Crippen LogP contribution in [0.2, 0.25) is 0 Å². The number of unbranched alkanes of at least 4 members (excludes halogenated alkanes) is 3. The molecule has 88 valence electrons. The Bertz CT molecular complexity index is 180. The number of aliphatic carboxylic acids is 1. The summed E-state index contributed by atoms with van der Waals surface area (Å²) in [6.45, 7) is 8.39. The van der Waals surface area contributed by atoms with E-state index in [1.54, 1.807) is 0 Å². The number of rotatable bonds is 10. The van der Waals surface area contributed by atoms with Crippen LogP contribution in [0.1, 0.15) is 39.0 Å². The van der Waals surface area contributed by atoms with Crippen molar-refractivity contribution in [3.05, 3.63) is 12.7 Å².